The van der Waals surface area contributed by atoms with Crippen molar-refractivity contribution >= 4 is 46.4 Å². The Morgan fingerprint density at radius 1 is 1.00 bits per heavy atom. The first-order valence-corrected chi connectivity index (χ1v) is 6.88. The number of likely N-dealkylation sites (N-methyl/N-ethyl adjacent to an activating group) is 1. The van der Waals surface area contributed by atoms with Crippen molar-refractivity contribution in [3.8, 4) is 0 Å². The maximum absolute atomic E-state index is 12.4. The van der Waals surface area contributed by atoms with E-state index < -0.39 is 0 Å². The Balaban J connectivity index is 2.20. The van der Waals surface area contributed by atoms with E-state index >= 15 is 0 Å². The van der Waals surface area contributed by atoms with Crippen molar-refractivity contribution in [2.45, 2.75) is 0 Å². The topological polar surface area (TPSA) is 20.3 Å². The monoisotopic (exact) mass is 303 g/mol. The number of rotatable bonds is 1. The maximum Gasteiger partial charge on any atom is 0.258 e. The van der Waals surface area contributed by atoms with Crippen LogP contribution in [0.4, 0.5) is 5.69 Å². The molecule has 0 aromatic heterocycles. The van der Waals surface area contributed by atoms with Gasteiger partial charge in [0.15, 0.2) is 0 Å². The predicted octanol–water partition coefficient (Wildman–Crippen LogP) is 4.51. The van der Waals surface area contributed by atoms with Gasteiger partial charge >= 0.3 is 0 Å². The van der Waals surface area contributed by atoms with E-state index in [2.05, 4.69) is 0 Å². The molecule has 1 aliphatic rings. The van der Waals surface area contributed by atoms with Gasteiger partial charge in [0.2, 0.25) is 0 Å². The van der Waals surface area contributed by atoms with Crippen LogP contribution < -0.4 is 4.90 Å². The number of hydrogen-bond acceptors (Lipinski definition) is 1. The van der Waals surface area contributed by atoms with Gasteiger partial charge in [-0.15, -0.1) is 0 Å². The molecule has 0 saturated carbocycles. The second-order valence-electron chi connectivity index (χ2n) is 4.57. The highest BCUT2D eigenvalue weighted by Gasteiger charge is 2.29. The van der Waals surface area contributed by atoms with Crippen molar-refractivity contribution in [1.29, 1.82) is 0 Å². The van der Waals surface area contributed by atoms with E-state index in [-0.39, 0.29) is 5.91 Å². The molecule has 3 rings (SSSR count). The average Bonchev–Trinajstić information content (AvgIpc) is 2.68. The summed E-state index contributed by atoms with van der Waals surface area (Å²) in [7, 11) is 1.76. The summed E-state index contributed by atoms with van der Waals surface area (Å²) in [5, 5.41) is 1.06. The van der Waals surface area contributed by atoms with Crippen molar-refractivity contribution in [2.24, 2.45) is 0 Å². The van der Waals surface area contributed by atoms with Crippen LogP contribution in [0.15, 0.2) is 42.5 Å². The second-order valence-corrected chi connectivity index (χ2v) is 5.39. The lowest BCUT2D eigenvalue weighted by atomic mass is 10.0. The normalized spacial score (nSPS) is 15.8. The van der Waals surface area contributed by atoms with Crippen LogP contribution in [-0.2, 0) is 4.79 Å². The number of fused-ring (bicyclic) bond motifs is 1. The van der Waals surface area contributed by atoms with E-state index in [4.69, 9.17) is 23.2 Å². The van der Waals surface area contributed by atoms with Crippen LogP contribution in [0, 0.1) is 0 Å². The number of nitrogens with zero attached hydrogens (tertiary/aromatic N) is 1. The van der Waals surface area contributed by atoms with Crippen LogP contribution in [0.5, 0.6) is 0 Å². The lowest BCUT2D eigenvalue weighted by Gasteiger charge is -2.08. The molecular formula is C16H11Cl2NO. The summed E-state index contributed by atoms with van der Waals surface area (Å²) in [5.41, 5.74) is 3.07. The highest BCUT2D eigenvalue weighted by molar-refractivity contribution is 6.40. The molecule has 4 heteroatoms. The fourth-order valence-corrected chi connectivity index (χ4v) is 2.84. The summed E-state index contributed by atoms with van der Waals surface area (Å²) in [6, 6.07) is 13.0. The van der Waals surface area contributed by atoms with Gasteiger partial charge < -0.3 is 4.90 Å². The number of benzene rings is 2. The van der Waals surface area contributed by atoms with Crippen LogP contribution in [0.1, 0.15) is 11.1 Å². The summed E-state index contributed by atoms with van der Waals surface area (Å²) >= 11 is 12.3. The van der Waals surface area contributed by atoms with Crippen molar-refractivity contribution in [1.82, 2.24) is 0 Å². The molecule has 20 heavy (non-hydrogen) atoms. The molecule has 0 aliphatic carbocycles. The molecule has 2 nitrogen and oxygen atoms in total. The second kappa shape index (κ2) is 4.97. The number of carbonyl (C=O) groups is 1. The van der Waals surface area contributed by atoms with Crippen LogP contribution in [0.3, 0.4) is 0 Å². The SMILES string of the molecule is CN1C(=O)/C(=C\c2c(Cl)cccc2Cl)c2ccccc21. The van der Waals surface area contributed by atoms with E-state index in [9.17, 15) is 4.79 Å². The minimum absolute atomic E-state index is 0.0535. The van der Waals surface area contributed by atoms with E-state index in [1.807, 2.05) is 24.3 Å². The van der Waals surface area contributed by atoms with Gasteiger partial charge in [-0.3, -0.25) is 4.79 Å². The standard InChI is InChI=1S/C16H11Cl2NO/c1-19-15-8-3-2-5-10(15)11(16(19)20)9-12-13(17)6-4-7-14(12)18/h2-9H,1H3/b11-9-. The quantitative estimate of drug-likeness (QED) is 0.710. The van der Waals surface area contributed by atoms with Gasteiger partial charge in [0, 0.05) is 33.8 Å². The Morgan fingerprint density at radius 2 is 1.65 bits per heavy atom. The van der Waals surface area contributed by atoms with Crippen molar-refractivity contribution in [3.63, 3.8) is 0 Å². The summed E-state index contributed by atoms with van der Waals surface area (Å²) < 4.78 is 0. The molecule has 1 amide bonds. The number of halogens is 2. The van der Waals surface area contributed by atoms with Crippen molar-refractivity contribution < 1.29 is 4.79 Å². The number of amides is 1. The Kier molecular flexibility index (Phi) is 3.28. The molecular weight excluding hydrogens is 293 g/mol. The summed E-state index contributed by atoms with van der Waals surface area (Å²) in [6.07, 6.45) is 1.76. The highest BCUT2D eigenvalue weighted by atomic mass is 35.5. The minimum atomic E-state index is -0.0535. The lowest BCUT2D eigenvalue weighted by molar-refractivity contribution is -0.112. The highest BCUT2D eigenvalue weighted by Crippen LogP contribution is 2.38. The average molecular weight is 304 g/mol. The van der Waals surface area contributed by atoms with E-state index in [0.29, 0.717) is 21.2 Å². The Hall–Kier alpha value is -1.77. The molecule has 0 bridgehead atoms. The molecule has 0 radical (unpaired) electrons. The third-order valence-electron chi connectivity index (χ3n) is 3.38. The van der Waals surface area contributed by atoms with E-state index in [0.717, 1.165) is 11.3 Å². The van der Waals surface area contributed by atoms with Gasteiger partial charge in [-0.2, -0.15) is 0 Å². The molecule has 1 aliphatic heterocycles. The molecule has 0 atom stereocenters. The summed E-state index contributed by atoms with van der Waals surface area (Å²) in [5.74, 6) is -0.0535. The minimum Gasteiger partial charge on any atom is -0.311 e. The molecule has 0 fully saturated rings. The number of hydrogen-bond donors (Lipinski definition) is 0. The predicted molar refractivity (Wildman–Crippen MR) is 84.2 cm³/mol. The first-order valence-electron chi connectivity index (χ1n) is 6.13. The third-order valence-corrected chi connectivity index (χ3v) is 4.04. The van der Waals surface area contributed by atoms with Crippen LogP contribution in [0.2, 0.25) is 10.0 Å². The van der Waals surface area contributed by atoms with Crippen molar-refractivity contribution in [2.75, 3.05) is 11.9 Å². The molecule has 2 aromatic rings. The van der Waals surface area contributed by atoms with E-state index in [1.54, 1.807) is 36.2 Å². The molecule has 1 heterocycles. The lowest BCUT2D eigenvalue weighted by Crippen LogP contribution is -2.20. The zero-order valence-corrected chi connectivity index (χ0v) is 12.2. The summed E-state index contributed by atoms with van der Waals surface area (Å²) in [6.45, 7) is 0. The molecule has 100 valence electrons. The number of anilines is 1. The number of carbonyl (C=O) groups excluding carboxylic acids is 1. The van der Waals surface area contributed by atoms with Gasteiger partial charge in [0.1, 0.15) is 0 Å². The van der Waals surface area contributed by atoms with E-state index in [1.165, 1.54) is 0 Å². The number of para-hydroxylation sites is 1. The molecule has 0 spiro atoms. The molecule has 2 aromatic carbocycles. The Labute approximate surface area is 127 Å². The Bertz CT molecular complexity index is 717. The zero-order chi connectivity index (χ0) is 14.3. The van der Waals surface area contributed by atoms with Gasteiger partial charge in [0.25, 0.3) is 5.91 Å². The van der Waals surface area contributed by atoms with Crippen LogP contribution in [-0.4, -0.2) is 13.0 Å². The van der Waals surface area contributed by atoms with Gasteiger partial charge in [0.05, 0.1) is 5.69 Å². The Morgan fingerprint density at radius 3 is 2.35 bits per heavy atom. The largest absolute Gasteiger partial charge is 0.311 e. The fourth-order valence-electron chi connectivity index (χ4n) is 2.33. The zero-order valence-electron chi connectivity index (χ0n) is 10.7. The summed E-state index contributed by atoms with van der Waals surface area (Å²) in [4.78, 5) is 14.0. The first-order chi connectivity index (χ1) is 9.59. The third kappa shape index (κ3) is 2.01. The van der Waals surface area contributed by atoms with Crippen LogP contribution in [0.25, 0.3) is 11.6 Å². The maximum atomic E-state index is 12.4. The molecule has 0 N–H and O–H groups in total. The first kappa shape index (κ1) is 13.2. The smallest absolute Gasteiger partial charge is 0.258 e. The fraction of sp³-hybridized carbons (Fsp3) is 0.0625. The molecule has 0 saturated heterocycles. The van der Waals surface area contributed by atoms with Crippen LogP contribution >= 0.6 is 23.2 Å². The van der Waals surface area contributed by atoms with Gasteiger partial charge in [-0.1, -0.05) is 47.5 Å². The van der Waals surface area contributed by atoms with Gasteiger partial charge in [-0.05, 0) is 24.3 Å². The van der Waals surface area contributed by atoms with Crippen molar-refractivity contribution in [3.05, 3.63) is 63.6 Å². The van der Waals surface area contributed by atoms with Gasteiger partial charge in [-0.25, -0.2) is 0 Å². The molecule has 0 unspecified atom stereocenters.